The van der Waals surface area contributed by atoms with Gasteiger partial charge in [-0.3, -0.25) is 19.7 Å². The van der Waals surface area contributed by atoms with Gasteiger partial charge in [-0.25, -0.2) is 0 Å². The summed E-state index contributed by atoms with van der Waals surface area (Å²) >= 11 is 0. The van der Waals surface area contributed by atoms with Crippen LogP contribution in [0.4, 0.5) is 5.69 Å². The van der Waals surface area contributed by atoms with Crippen LogP contribution in [0, 0.1) is 0 Å². The molecule has 0 saturated carbocycles. The number of benzene rings is 1. The van der Waals surface area contributed by atoms with E-state index in [-0.39, 0.29) is 12.5 Å². The van der Waals surface area contributed by atoms with Crippen LogP contribution < -0.4 is 10.6 Å². The number of carbonyl (C=O) groups excluding carboxylic acids is 3. The van der Waals surface area contributed by atoms with E-state index in [1.165, 1.54) is 10.5 Å². The third-order valence-electron chi connectivity index (χ3n) is 4.10. The fourth-order valence-electron chi connectivity index (χ4n) is 2.69. The SMILES string of the molecule is CC1(C)C(=O)NC(=O)CN1C(=O)c1ccc2c(c1)NCC2. The van der Waals surface area contributed by atoms with E-state index in [1.807, 2.05) is 6.07 Å². The molecule has 2 heterocycles. The van der Waals surface area contributed by atoms with Gasteiger partial charge < -0.3 is 10.2 Å². The lowest BCUT2D eigenvalue weighted by Crippen LogP contribution is -2.65. The van der Waals surface area contributed by atoms with Gasteiger partial charge in [0, 0.05) is 17.8 Å². The summed E-state index contributed by atoms with van der Waals surface area (Å²) in [5.74, 6) is -1.21. The number of rotatable bonds is 1. The summed E-state index contributed by atoms with van der Waals surface area (Å²) in [6, 6.07) is 5.46. The van der Waals surface area contributed by atoms with Crippen LogP contribution in [0.15, 0.2) is 18.2 Å². The summed E-state index contributed by atoms with van der Waals surface area (Å²) < 4.78 is 0. The number of hydrogen-bond donors (Lipinski definition) is 2. The third-order valence-corrected chi connectivity index (χ3v) is 4.10. The second kappa shape index (κ2) is 4.58. The Morgan fingerprint density at radius 3 is 2.81 bits per heavy atom. The first-order chi connectivity index (χ1) is 9.89. The van der Waals surface area contributed by atoms with Gasteiger partial charge in [-0.1, -0.05) is 6.07 Å². The van der Waals surface area contributed by atoms with Crippen molar-refractivity contribution in [3.63, 3.8) is 0 Å². The standard InChI is InChI=1S/C15H17N3O3/c1-15(2)14(21)17-12(19)8-18(15)13(20)10-4-3-9-5-6-16-11(9)7-10/h3-4,7,16H,5-6,8H2,1-2H3,(H,17,19,21). The molecule has 2 aliphatic heterocycles. The molecule has 1 aromatic carbocycles. The Kier molecular flexibility index (Phi) is 2.97. The molecule has 0 unspecified atom stereocenters. The van der Waals surface area contributed by atoms with Crippen LogP contribution >= 0.6 is 0 Å². The minimum atomic E-state index is -1.04. The van der Waals surface area contributed by atoms with E-state index in [1.54, 1.807) is 26.0 Å². The Bertz CT molecular complexity index is 652. The number of anilines is 1. The van der Waals surface area contributed by atoms with Crippen molar-refractivity contribution >= 4 is 23.4 Å². The lowest BCUT2D eigenvalue weighted by Gasteiger charge is -2.40. The number of fused-ring (bicyclic) bond motifs is 1. The monoisotopic (exact) mass is 287 g/mol. The summed E-state index contributed by atoms with van der Waals surface area (Å²) in [7, 11) is 0. The molecular weight excluding hydrogens is 270 g/mol. The average Bonchev–Trinajstić information content (AvgIpc) is 2.89. The summed E-state index contributed by atoms with van der Waals surface area (Å²) in [5, 5.41) is 5.48. The number of hydrogen-bond acceptors (Lipinski definition) is 4. The van der Waals surface area contributed by atoms with Crippen LogP contribution in [0.25, 0.3) is 0 Å². The van der Waals surface area contributed by atoms with E-state index < -0.39 is 17.4 Å². The summed E-state index contributed by atoms with van der Waals surface area (Å²) in [6.45, 7) is 4.03. The molecule has 2 N–H and O–H groups in total. The molecule has 0 radical (unpaired) electrons. The van der Waals surface area contributed by atoms with E-state index in [0.717, 1.165) is 18.7 Å². The van der Waals surface area contributed by atoms with E-state index in [9.17, 15) is 14.4 Å². The molecule has 6 heteroatoms. The first kappa shape index (κ1) is 13.6. The second-order valence-corrected chi connectivity index (χ2v) is 5.88. The maximum atomic E-state index is 12.7. The molecule has 1 aromatic rings. The number of amides is 3. The van der Waals surface area contributed by atoms with Gasteiger partial charge in [0.05, 0.1) is 0 Å². The Labute approximate surface area is 122 Å². The molecular formula is C15H17N3O3. The number of nitrogens with one attached hydrogen (secondary N) is 2. The van der Waals surface area contributed by atoms with E-state index in [4.69, 9.17) is 0 Å². The third kappa shape index (κ3) is 2.16. The fourth-order valence-corrected chi connectivity index (χ4v) is 2.69. The lowest BCUT2D eigenvalue weighted by atomic mass is 9.97. The first-order valence-corrected chi connectivity index (χ1v) is 6.92. The Hall–Kier alpha value is -2.37. The van der Waals surface area contributed by atoms with Crippen molar-refractivity contribution in [2.75, 3.05) is 18.4 Å². The molecule has 0 atom stereocenters. The molecule has 110 valence electrons. The van der Waals surface area contributed by atoms with Crippen LogP contribution in [0.1, 0.15) is 29.8 Å². The van der Waals surface area contributed by atoms with Crippen molar-refractivity contribution in [3.05, 3.63) is 29.3 Å². The van der Waals surface area contributed by atoms with Crippen molar-refractivity contribution in [1.29, 1.82) is 0 Å². The highest BCUT2D eigenvalue weighted by Crippen LogP contribution is 2.26. The van der Waals surface area contributed by atoms with E-state index >= 15 is 0 Å². The van der Waals surface area contributed by atoms with Crippen molar-refractivity contribution in [3.8, 4) is 0 Å². The van der Waals surface area contributed by atoms with Gasteiger partial charge in [0.2, 0.25) is 5.91 Å². The molecule has 1 fully saturated rings. The number of carbonyl (C=O) groups is 3. The number of piperazine rings is 1. The van der Waals surface area contributed by atoms with Crippen LogP contribution in [-0.2, 0) is 16.0 Å². The predicted octanol–water partition coefficient (Wildman–Crippen LogP) is 0.532. The van der Waals surface area contributed by atoms with Crippen molar-refractivity contribution in [2.24, 2.45) is 0 Å². The maximum Gasteiger partial charge on any atom is 0.255 e. The van der Waals surface area contributed by atoms with Gasteiger partial charge in [0.1, 0.15) is 12.1 Å². The van der Waals surface area contributed by atoms with Gasteiger partial charge >= 0.3 is 0 Å². The maximum absolute atomic E-state index is 12.7. The van der Waals surface area contributed by atoms with Crippen LogP contribution in [0.3, 0.4) is 0 Å². The van der Waals surface area contributed by atoms with Crippen LogP contribution in [0.2, 0.25) is 0 Å². The minimum Gasteiger partial charge on any atom is -0.384 e. The zero-order valence-corrected chi connectivity index (χ0v) is 12.0. The quantitative estimate of drug-likeness (QED) is 0.739. The number of nitrogens with zero attached hydrogens (tertiary/aromatic N) is 1. The topological polar surface area (TPSA) is 78.5 Å². The van der Waals surface area contributed by atoms with E-state index in [2.05, 4.69) is 10.6 Å². The molecule has 3 amide bonds. The highest BCUT2D eigenvalue weighted by molar-refractivity contribution is 6.09. The smallest absolute Gasteiger partial charge is 0.255 e. The molecule has 21 heavy (non-hydrogen) atoms. The Morgan fingerprint density at radius 1 is 1.29 bits per heavy atom. The van der Waals surface area contributed by atoms with Gasteiger partial charge in [0.15, 0.2) is 0 Å². The van der Waals surface area contributed by atoms with Crippen molar-refractivity contribution < 1.29 is 14.4 Å². The van der Waals surface area contributed by atoms with E-state index in [0.29, 0.717) is 5.56 Å². The average molecular weight is 287 g/mol. The zero-order chi connectivity index (χ0) is 15.2. The van der Waals surface area contributed by atoms with Crippen LogP contribution in [0.5, 0.6) is 0 Å². The van der Waals surface area contributed by atoms with Crippen molar-refractivity contribution in [2.45, 2.75) is 25.8 Å². The molecule has 0 aromatic heterocycles. The Balaban J connectivity index is 1.93. The highest BCUT2D eigenvalue weighted by Gasteiger charge is 2.43. The molecule has 1 saturated heterocycles. The molecule has 2 aliphatic rings. The molecule has 6 nitrogen and oxygen atoms in total. The van der Waals surface area contributed by atoms with Crippen molar-refractivity contribution in [1.82, 2.24) is 10.2 Å². The number of imide groups is 1. The Morgan fingerprint density at radius 2 is 2.05 bits per heavy atom. The largest absolute Gasteiger partial charge is 0.384 e. The fraction of sp³-hybridized carbons (Fsp3) is 0.400. The van der Waals surface area contributed by atoms with Gasteiger partial charge in [-0.05, 0) is 38.0 Å². The first-order valence-electron chi connectivity index (χ1n) is 6.92. The summed E-state index contributed by atoms with van der Waals surface area (Å²) in [5.41, 5.74) is 1.57. The minimum absolute atomic E-state index is 0.109. The molecule has 0 bridgehead atoms. The molecule has 3 rings (SSSR count). The second-order valence-electron chi connectivity index (χ2n) is 5.88. The molecule has 0 spiro atoms. The summed E-state index contributed by atoms with van der Waals surface area (Å²) in [6.07, 6.45) is 0.944. The molecule has 0 aliphatic carbocycles. The van der Waals surface area contributed by atoms with Crippen LogP contribution in [-0.4, -0.2) is 41.2 Å². The normalized spacial score (nSPS) is 19.8. The van der Waals surface area contributed by atoms with Gasteiger partial charge in [-0.2, -0.15) is 0 Å². The zero-order valence-electron chi connectivity index (χ0n) is 12.0. The van der Waals surface area contributed by atoms with Gasteiger partial charge in [-0.15, -0.1) is 0 Å². The predicted molar refractivity (Wildman–Crippen MR) is 76.9 cm³/mol. The lowest BCUT2D eigenvalue weighted by molar-refractivity contribution is -0.143. The van der Waals surface area contributed by atoms with Gasteiger partial charge in [0.25, 0.3) is 11.8 Å². The summed E-state index contributed by atoms with van der Waals surface area (Å²) in [4.78, 5) is 37.5. The highest BCUT2D eigenvalue weighted by atomic mass is 16.2.